The van der Waals surface area contributed by atoms with E-state index in [2.05, 4.69) is 0 Å². The summed E-state index contributed by atoms with van der Waals surface area (Å²) in [7, 11) is 1.71. The highest BCUT2D eigenvalue weighted by Gasteiger charge is 2.57. The fraction of sp³-hybridized carbons (Fsp3) is 0.773. The van der Waals surface area contributed by atoms with Crippen LogP contribution in [-0.4, -0.2) is 46.2 Å². The minimum atomic E-state index is -0.786. The van der Waals surface area contributed by atoms with Gasteiger partial charge >= 0.3 is 5.97 Å². The van der Waals surface area contributed by atoms with Crippen LogP contribution in [0.15, 0.2) is 23.8 Å². The van der Waals surface area contributed by atoms with Crippen LogP contribution in [0.1, 0.15) is 64.2 Å². The van der Waals surface area contributed by atoms with Gasteiger partial charge in [-0.05, 0) is 50.0 Å². The number of aliphatic hydroxyl groups excluding tert-OH is 2. The lowest BCUT2D eigenvalue weighted by atomic mass is 9.53. The zero-order valence-corrected chi connectivity index (χ0v) is 16.3. The second kappa shape index (κ2) is 8.89. The molecule has 3 fully saturated rings. The summed E-state index contributed by atoms with van der Waals surface area (Å²) in [5, 5.41) is 30.0. The number of carbonyl (C=O) groups is 1. The van der Waals surface area contributed by atoms with E-state index in [1.165, 1.54) is 24.8 Å². The van der Waals surface area contributed by atoms with E-state index < -0.39 is 18.2 Å². The van der Waals surface area contributed by atoms with Crippen molar-refractivity contribution in [1.82, 2.24) is 0 Å². The maximum absolute atomic E-state index is 10.8. The monoisotopic (exact) mass is 378 g/mol. The van der Waals surface area contributed by atoms with Crippen molar-refractivity contribution in [2.75, 3.05) is 7.11 Å². The molecular formula is C22H34O5. The maximum Gasteiger partial charge on any atom is 0.303 e. The SMILES string of the molecule is COC12CCC(O)C(/C=C/C(O)C3CCCCC3)C1CC2=CCCC(=O)O. The summed E-state index contributed by atoms with van der Waals surface area (Å²) in [5.41, 5.74) is 0.803. The molecular weight excluding hydrogens is 344 g/mol. The maximum atomic E-state index is 10.8. The number of hydrogen-bond acceptors (Lipinski definition) is 4. The fourth-order valence-electron chi connectivity index (χ4n) is 5.45. The van der Waals surface area contributed by atoms with Crippen molar-refractivity contribution in [3.8, 4) is 0 Å². The Kier molecular flexibility index (Phi) is 6.77. The van der Waals surface area contributed by atoms with Crippen LogP contribution in [-0.2, 0) is 9.53 Å². The van der Waals surface area contributed by atoms with E-state index >= 15 is 0 Å². The molecule has 3 rings (SSSR count). The molecule has 27 heavy (non-hydrogen) atoms. The van der Waals surface area contributed by atoms with Crippen molar-refractivity contribution < 1.29 is 24.9 Å². The average Bonchev–Trinajstić information content (AvgIpc) is 2.66. The summed E-state index contributed by atoms with van der Waals surface area (Å²) in [6.07, 6.45) is 13.8. The zero-order valence-electron chi connectivity index (χ0n) is 16.3. The van der Waals surface area contributed by atoms with E-state index in [9.17, 15) is 15.0 Å². The topological polar surface area (TPSA) is 87.0 Å². The van der Waals surface area contributed by atoms with Crippen molar-refractivity contribution in [2.45, 2.75) is 82.0 Å². The zero-order chi connectivity index (χ0) is 19.4. The number of aliphatic hydroxyl groups is 2. The normalized spacial score (nSPS) is 37.1. The third-order valence-electron chi connectivity index (χ3n) is 7.08. The minimum absolute atomic E-state index is 0.0198. The highest BCUT2D eigenvalue weighted by atomic mass is 16.5. The van der Waals surface area contributed by atoms with E-state index in [0.717, 1.165) is 25.7 Å². The number of ether oxygens (including phenoxy) is 1. The van der Waals surface area contributed by atoms with Crippen LogP contribution < -0.4 is 0 Å². The Labute approximate surface area is 162 Å². The molecule has 0 aliphatic heterocycles. The summed E-state index contributed by atoms with van der Waals surface area (Å²) in [6.45, 7) is 0. The van der Waals surface area contributed by atoms with Gasteiger partial charge in [0, 0.05) is 25.4 Å². The third kappa shape index (κ3) is 4.30. The van der Waals surface area contributed by atoms with Gasteiger partial charge in [-0.15, -0.1) is 0 Å². The predicted molar refractivity (Wildman–Crippen MR) is 103 cm³/mol. The number of allylic oxidation sites excluding steroid dienone is 1. The molecule has 5 nitrogen and oxygen atoms in total. The van der Waals surface area contributed by atoms with Crippen molar-refractivity contribution in [3.05, 3.63) is 23.8 Å². The molecule has 3 N–H and O–H groups in total. The smallest absolute Gasteiger partial charge is 0.303 e. The van der Waals surface area contributed by atoms with Crippen LogP contribution in [0.2, 0.25) is 0 Å². The summed E-state index contributed by atoms with van der Waals surface area (Å²) in [4.78, 5) is 10.8. The first-order chi connectivity index (χ1) is 13.0. The van der Waals surface area contributed by atoms with Gasteiger partial charge in [-0.1, -0.05) is 37.5 Å². The fourth-order valence-corrected chi connectivity index (χ4v) is 5.45. The molecule has 0 radical (unpaired) electrons. The first-order valence-corrected chi connectivity index (χ1v) is 10.5. The van der Waals surface area contributed by atoms with Crippen molar-refractivity contribution in [2.24, 2.45) is 17.8 Å². The minimum Gasteiger partial charge on any atom is -0.481 e. The molecule has 0 heterocycles. The van der Waals surface area contributed by atoms with Gasteiger partial charge in [0.15, 0.2) is 0 Å². The Morgan fingerprint density at radius 3 is 2.70 bits per heavy atom. The first kappa shape index (κ1) is 20.6. The van der Waals surface area contributed by atoms with Crippen LogP contribution in [0, 0.1) is 17.8 Å². The molecule has 5 heteroatoms. The largest absolute Gasteiger partial charge is 0.481 e. The van der Waals surface area contributed by atoms with Crippen LogP contribution >= 0.6 is 0 Å². The number of carboxylic acid groups (broad SMARTS) is 1. The molecule has 0 aromatic heterocycles. The summed E-state index contributed by atoms with van der Waals surface area (Å²) >= 11 is 0. The number of carboxylic acids is 1. The van der Waals surface area contributed by atoms with Gasteiger partial charge in [-0.3, -0.25) is 4.79 Å². The van der Waals surface area contributed by atoms with Crippen molar-refractivity contribution in [1.29, 1.82) is 0 Å². The van der Waals surface area contributed by atoms with Gasteiger partial charge in [0.25, 0.3) is 0 Å². The summed E-state index contributed by atoms with van der Waals surface area (Å²) < 4.78 is 5.93. The van der Waals surface area contributed by atoms with E-state index in [0.29, 0.717) is 18.8 Å². The second-order valence-corrected chi connectivity index (χ2v) is 8.52. The number of methoxy groups -OCH3 is 1. The quantitative estimate of drug-likeness (QED) is 0.591. The first-order valence-electron chi connectivity index (χ1n) is 10.5. The summed E-state index contributed by atoms with van der Waals surface area (Å²) in [6, 6.07) is 0. The number of hydrogen-bond donors (Lipinski definition) is 3. The van der Waals surface area contributed by atoms with Crippen LogP contribution in [0.4, 0.5) is 0 Å². The Bertz CT molecular complexity index is 577. The Morgan fingerprint density at radius 2 is 2.04 bits per heavy atom. The molecule has 0 aromatic rings. The van der Waals surface area contributed by atoms with Crippen LogP contribution in [0.5, 0.6) is 0 Å². The van der Waals surface area contributed by atoms with E-state index in [-0.39, 0.29) is 23.9 Å². The molecule has 0 spiro atoms. The van der Waals surface area contributed by atoms with E-state index in [1.807, 2.05) is 18.2 Å². The van der Waals surface area contributed by atoms with E-state index in [1.54, 1.807) is 7.11 Å². The van der Waals surface area contributed by atoms with Gasteiger partial charge in [-0.2, -0.15) is 0 Å². The van der Waals surface area contributed by atoms with Gasteiger partial charge in [0.05, 0.1) is 17.8 Å². The Morgan fingerprint density at radius 1 is 1.30 bits per heavy atom. The molecule has 3 aliphatic rings. The molecule has 5 unspecified atom stereocenters. The number of aliphatic carboxylic acids is 1. The molecule has 0 bridgehead atoms. The molecule has 5 atom stereocenters. The third-order valence-corrected chi connectivity index (χ3v) is 7.08. The summed E-state index contributed by atoms with van der Waals surface area (Å²) in [5.74, 6) is -0.271. The Hall–Kier alpha value is -1.17. The molecule has 152 valence electrons. The molecule has 0 amide bonds. The molecule has 3 saturated carbocycles. The Balaban J connectivity index is 1.67. The number of fused-ring (bicyclic) bond motifs is 1. The lowest BCUT2D eigenvalue weighted by Gasteiger charge is -2.58. The molecule has 3 aliphatic carbocycles. The van der Waals surface area contributed by atoms with Crippen molar-refractivity contribution >= 4 is 5.97 Å². The van der Waals surface area contributed by atoms with Gasteiger partial charge < -0.3 is 20.1 Å². The van der Waals surface area contributed by atoms with E-state index in [4.69, 9.17) is 9.84 Å². The molecule has 0 saturated heterocycles. The van der Waals surface area contributed by atoms with Crippen molar-refractivity contribution in [3.63, 3.8) is 0 Å². The predicted octanol–water partition coefficient (Wildman–Crippen LogP) is 3.45. The highest BCUT2D eigenvalue weighted by Crippen LogP contribution is 2.57. The standard InChI is InChI=1S/C22H34O5/c1-27-22-13-12-20(24)17(10-11-19(23)15-6-3-2-4-7-15)18(22)14-16(22)8-5-9-21(25)26/h8,10-11,15,17-20,23-24H,2-7,9,12-14H2,1H3,(H,25,26)/b11-10+,16-8?. The van der Waals surface area contributed by atoms with Crippen LogP contribution in [0.3, 0.4) is 0 Å². The lowest BCUT2D eigenvalue weighted by Crippen LogP contribution is -2.59. The van der Waals surface area contributed by atoms with Gasteiger partial charge in [0.2, 0.25) is 0 Å². The van der Waals surface area contributed by atoms with Crippen LogP contribution in [0.25, 0.3) is 0 Å². The average molecular weight is 379 g/mol. The van der Waals surface area contributed by atoms with Gasteiger partial charge in [0.1, 0.15) is 0 Å². The van der Waals surface area contributed by atoms with Gasteiger partial charge in [-0.25, -0.2) is 0 Å². The second-order valence-electron chi connectivity index (χ2n) is 8.52. The lowest BCUT2D eigenvalue weighted by molar-refractivity contribution is -0.141. The highest BCUT2D eigenvalue weighted by molar-refractivity contribution is 5.66. The number of rotatable bonds is 7. The molecule has 0 aromatic carbocycles.